The molecule has 0 amide bonds. The van der Waals surface area contributed by atoms with Crippen LogP contribution < -0.4 is 9.46 Å². The number of nitrogens with zero attached hydrogens (tertiary/aromatic N) is 1. The third kappa shape index (κ3) is 2.87. The number of ether oxygens (including phenoxy) is 1. The number of methoxy groups -OCH3 is 1. The van der Waals surface area contributed by atoms with E-state index in [1.807, 2.05) is 24.3 Å². The van der Waals surface area contributed by atoms with Gasteiger partial charge in [-0.1, -0.05) is 18.2 Å². The van der Waals surface area contributed by atoms with E-state index in [2.05, 4.69) is 9.71 Å². The molecule has 3 rings (SSSR count). The molecule has 0 saturated heterocycles. The summed E-state index contributed by atoms with van der Waals surface area (Å²) in [4.78, 5) is 4.41. The van der Waals surface area contributed by atoms with Gasteiger partial charge in [0, 0.05) is 5.39 Å². The van der Waals surface area contributed by atoms with E-state index < -0.39 is 10.0 Å². The molecule has 0 spiro atoms. The average molecular weight is 314 g/mol. The van der Waals surface area contributed by atoms with Crippen molar-refractivity contribution in [3.05, 3.63) is 60.8 Å². The van der Waals surface area contributed by atoms with Gasteiger partial charge in [0.2, 0.25) is 0 Å². The smallest absolute Gasteiger partial charge is 0.261 e. The Morgan fingerprint density at radius 1 is 1.05 bits per heavy atom. The molecule has 3 aromatic rings. The molecule has 1 aromatic heterocycles. The van der Waals surface area contributed by atoms with Crippen LogP contribution in [-0.2, 0) is 10.0 Å². The molecule has 0 aliphatic carbocycles. The predicted molar refractivity (Wildman–Crippen MR) is 85.5 cm³/mol. The summed E-state index contributed by atoms with van der Waals surface area (Å²) in [6.45, 7) is 0. The number of aromatic nitrogens is 1. The molecule has 112 valence electrons. The van der Waals surface area contributed by atoms with E-state index in [0.717, 1.165) is 10.9 Å². The molecule has 1 N–H and O–H groups in total. The van der Waals surface area contributed by atoms with Crippen LogP contribution in [0.1, 0.15) is 0 Å². The highest BCUT2D eigenvalue weighted by Gasteiger charge is 2.14. The highest BCUT2D eigenvalue weighted by atomic mass is 32.2. The van der Waals surface area contributed by atoms with Gasteiger partial charge in [0.1, 0.15) is 5.75 Å². The topological polar surface area (TPSA) is 68.3 Å². The van der Waals surface area contributed by atoms with Gasteiger partial charge >= 0.3 is 0 Å². The molecule has 2 aromatic carbocycles. The third-order valence-corrected chi connectivity index (χ3v) is 4.61. The van der Waals surface area contributed by atoms with E-state index in [-0.39, 0.29) is 4.90 Å². The molecule has 5 nitrogen and oxygen atoms in total. The molecule has 1 heterocycles. The summed E-state index contributed by atoms with van der Waals surface area (Å²) >= 11 is 0. The lowest BCUT2D eigenvalue weighted by molar-refractivity contribution is 0.414. The summed E-state index contributed by atoms with van der Waals surface area (Å²) < 4.78 is 32.3. The third-order valence-electron chi connectivity index (χ3n) is 3.21. The summed E-state index contributed by atoms with van der Waals surface area (Å²) in [7, 11) is -2.12. The molecule has 0 saturated carbocycles. The fourth-order valence-corrected chi connectivity index (χ4v) is 3.13. The Labute approximate surface area is 128 Å². The second kappa shape index (κ2) is 5.65. The highest BCUT2D eigenvalue weighted by Crippen LogP contribution is 2.21. The molecule has 6 heteroatoms. The van der Waals surface area contributed by atoms with Gasteiger partial charge in [0.25, 0.3) is 10.0 Å². The van der Waals surface area contributed by atoms with Crippen LogP contribution in [0.3, 0.4) is 0 Å². The van der Waals surface area contributed by atoms with Gasteiger partial charge in [-0.15, -0.1) is 0 Å². The number of hydrogen-bond donors (Lipinski definition) is 1. The van der Waals surface area contributed by atoms with Crippen LogP contribution in [0.15, 0.2) is 65.7 Å². The van der Waals surface area contributed by atoms with Crippen molar-refractivity contribution in [1.82, 2.24) is 4.98 Å². The molecular weight excluding hydrogens is 300 g/mol. The average Bonchev–Trinajstić information content (AvgIpc) is 2.54. The number of sulfonamides is 1. The Bertz CT molecular complexity index is 906. The molecular formula is C16H14N2O3S. The maximum Gasteiger partial charge on any atom is 0.261 e. The van der Waals surface area contributed by atoms with Crippen LogP contribution in [0.2, 0.25) is 0 Å². The van der Waals surface area contributed by atoms with Crippen molar-refractivity contribution >= 4 is 26.6 Å². The Morgan fingerprint density at radius 2 is 1.77 bits per heavy atom. The molecule has 0 atom stereocenters. The minimum atomic E-state index is -3.65. The molecule has 0 bridgehead atoms. The van der Waals surface area contributed by atoms with Crippen molar-refractivity contribution in [3.63, 3.8) is 0 Å². The van der Waals surface area contributed by atoms with E-state index in [1.54, 1.807) is 18.2 Å². The van der Waals surface area contributed by atoms with Crippen molar-refractivity contribution in [2.24, 2.45) is 0 Å². The summed E-state index contributed by atoms with van der Waals surface area (Å²) in [5.74, 6) is 0.603. The normalized spacial score (nSPS) is 11.3. The second-order valence-electron chi connectivity index (χ2n) is 4.70. The monoisotopic (exact) mass is 314 g/mol. The Morgan fingerprint density at radius 3 is 2.50 bits per heavy atom. The molecule has 0 unspecified atom stereocenters. The molecule has 0 aliphatic rings. The van der Waals surface area contributed by atoms with Crippen molar-refractivity contribution in [3.8, 4) is 5.75 Å². The molecule has 0 aliphatic heterocycles. The lowest BCUT2D eigenvalue weighted by atomic mass is 10.2. The van der Waals surface area contributed by atoms with Crippen LogP contribution >= 0.6 is 0 Å². The maximum absolute atomic E-state index is 12.4. The van der Waals surface area contributed by atoms with Crippen molar-refractivity contribution in [1.29, 1.82) is 0 Å². The van der Waals surface area contributed by atoms with E-state index in [0.29, 0.717) is 11.4 Å². The number of nitrogens with one attached hydrogen (secondary N) is 1. The van der Waals surface area contributed by atoms with Gasteiger partial charge in [-0.05, 0) is 36.4 Å². The number of rotatable bonds is 4. The zero-order valence-electron chi connectivity index (χ0n) is 11.9. The van der Waals surface area contributed by atoms with Crippen molar-refractivity contribution < 1.29 is 13.2 Å². The van der Waals surface area contributed by atoms with Gasteiger partial charge < -0.3 is 4.74 Å². The number of pyridine rings is 1. The minimum absolute atomic E-state index is 0.168. The summed E-state index contributed by atoms with van der Waals surface area (Å²) in [5.41, 5.74) is 1.24. The van der Waals surface area contributed by atoms with E-state index in [4.69, 9.17) is 4.74 Å². The van der Waals surface area contributed by atoms with Crippen molar-refractivity contribution in [2.75, 3.05) is 11.8 Å². The first kappa shape index (κ1) is 14.3. The second-order valence-corrected chi connectivity index (χ2v) is 6.38. The quantitative estimate of drug-likeness (QED) is 0.803. The predicted octanol–water partition coefficient (Wildman–Crippen LogP) is 3.04. The van der Waals surface area contributed by atoms with Crippen LogP contribution in [-0.4, -0.2) is 20.5 Å². The first-order valence-corrected chi connectivity index (χ1v) is 8.08. The van der Waals surface area contributed by atoms with Crippen LogP contribution in [0.4, 0.5) is 5.69 Å². The summed E-state index contributed by atoms with van der Waals surface area (Å²) in [6, 6.07) is 15.5. The Hall–Kier alpha value is -2.60. The summed E-state index contributed by atoms with van der Waals surface area (Å²) in [6.07, 6.45) is 1.50. The fraction of sp³-hybridized carbons (Fsp3) is 0.0625. The first-order valence-electron chi connectivity index (χ1n) is 6.60. The number of anilines is 1. The van der Waals surface area contributed by atoms with Crippen LogP contribution in [0, 0.1) is 0 Å². The minimum Gasteiger partial charge on any atom is -0.497 e. The highest BCUT2D eigenvalue weighted by molar-refractivity contribution is 7.92. The van der Waals surface area contributed by atoms with Gasteiger partial charge in [-0.25, -0.2) is 8.42 Å². The SMILES string of the molecule is COc1ccc(S(=O)(=O)Nc2cnc3ccccc3c2)cc1. The van der Waals surface area contributed by atoms with Gasteiger partial charge in [0.05, 0.1) is 29.4 Å². The number of hydrogen-bond acceptors (Lipinski definition) is 4. The van der Waals surface area contributed by atoms with Gasteiger partial charge in [-0.2, -0.15) is 0 Å². The zero-order valence-corrected chi connectivity index (χ0v) is 12.7. The largest absolute Gasteiger partial charge is 0.497 e. The Balaban J connectivity index is 1.91. The van der Waals surface area contributed by atoms with Crippen molar-refractivity contribution in [2.45, 2.75) is 4.90 Å². The van der Waals surface area contributed by atoms with E-state index in [1.165, 1.54) is 25.4 Å². The number of para-hydroxylation sites is 1. The summed E-state index contributed by atoms with van der Waals surface area (Å²) in [5, 5.41) is 0.873. The zero-order chi connectivity index (χ0) is 15.6. The van der Waals surface area contributed by atoms with Gasteiger partial charge in [-0.3, -0.25) is 9.71 Å². The molecule has 0 fully saturated rings. The van der Waals surface area contributed by atoms with Crippen LogP contribution in [0.5, 0.6) is 5.75 Å². The first-order chi connectivity index (χ1) is 10.6. The standard InChI is InChI=1S/C16H14N2O3S/c1-21-14-6-8-15(9-7-14)22(19,20)18-13-10-12-4-2-3-5-16(12)17-11-13/h2-11,18H,1H3. The molecule has 0 radical (unpaired) electrons. The Kier molecular flexibility index (Phi) is 3.68. The van der Waals surface area contributed by atoms with E-state index in [9.17, 15) is 8.42 Å². The van der Waals surface area contributed by atoms with Crippen LogP contribution in [0.25, 0.3) is 10.9 Å². The number of benzene rings is 2. The fourth-order valence-electron chi connectivity index (χ4n) is 2.10. The van der Waals surface area contributed by atoms with E-state index >= 15 is 0 Å². The number of fused-ring (bicyclic) bond motifs is 1. The maximum atomic E-state index is 12.4. The lowest BCUT2D eigenvalue weighted by Crippen LogP contribution is -2.13. The lowest BCUT2D eigenvalue weighted by Gasteiger charge is -2.09. The molecule has 22 heavy (non-hydrogen) atoms. The van der Waals surface area contributed by atoms with Gasteiger partial charge in [0.15, 0.2) is 0 Å².